The van der Waals surface area contributed by atoms with E-state index in [1.54, 1.807) is 12.3 Å². The number of nitrogens with zero attached hydrogens (tertiary/aromatic N) is 4. The van der Waals surface area contributed by atoms with Gasteiger partial charge in [-0.15, -0.1) is 10.2 Å². The highest BCUT2D eigenvalue weighted by molar-refractivity contribution is 8.00. The van der Waals surface area contributed by atoms with E-state index in [2.05, 4.69) is 20.5 Å². The van der Waals surface area contributed by atoms with Crippen molar-refractivity contribution in [2.75, 3.05) is 5.32 Å². The van der Waals surface area contributed by atoms with Crippen LogP contribution >= 0.6 is 11.8 Å². The molecule has 28 heavy (non-hydrogen) atoms. The standard InChI is InChI=1S/C19H17N5O3S/c1-2-17(18(25)21-14-9-6-10-15(11-14)24(26)27)28-19-20-12-16(22-23-19)13-7-4-3-5-8-13/h3-12,17H,2H2,1H3,(H,21,25)/t17-/m1/s1. The predicted octanol–water partition coefficient (Wildman–Crippen LogP) is 3.96. The molecule has 0 unspecified atom stereocenters. The minimum absolute atomic E-state index is 0.0810. The summed E-state index contributed by atoms with van der Waals surface area (Å²) in [6.45, 7) is 1.87. The molecule has 0 aliphatic heterocycles. The number of carbonyl (C=O) groups excluding carboxylic acids is 1. The van der Waals surface area contributed by atoms with Gasteiger partial charge in [0.25, 0.3) is 5.69 Å². The predicted molar refractivity (Wildman–Crippen MR) is 107 cm³/mol. The van der Waals surface area contributed by atoms with Gasteiger partial charge < -0.3 is 5.32 Å². The van der Waals surface area contributed by atoms with Gasteiger partial charge in [0.15, 0.2) is 0 Å². The number of amides is 1. The molecule has 1 amide bonds. The summed E-state index contributed by atoms with van der Waals surface area (Å²) in [5.74, 6) is -0.274. The van der Waals surface area contributed by atoms with Gasteiger partial charge in [0.2, 0.25) is 11.1 Å². The molecule has 0 saturated carbocycles. The maximum atomic E-state index is 12.5. The van der Waals surface area contributed by atoms with Crippen LogP contribution in [-0.2, 0) is 4.79 Å². The van der Waals surface area contributed by atoms with Crippen molar-refractivity contribution < 1.29 is 9.72 Å². The van der Waals surface area contributed by atoms with Crippen LogP contribution in [0.3, 0.4) is 0 Å². The fraction of sp³-hybridized carbons (Fsp3) is 0.158. The number of nitro groups is 1. The van der Waals surface area contributed by atoms with Crippen LogP contribution in [0, 0.1) is 10.1 Å². The highest BCUT2D eigenvalue weighted by atomic mass is 32.2. The molecular formula is C19H17N5O3S. The van der Waals surface area contributed by atoms with E-state index in [1.807, 2.05) is 37.3 Å². The molecule has 2 aromatic carbocycles. The molecule has 1 heterocycles. The van der Waals surface area contributed by atoms with Gasteiger partial charge in [-0.05, 0) is 12.5 Å². The third kappa shape index (κ3) is 4.89. The van der Waals surface area contributed by atoms with E-state index in [0.717, 1.165) is 5.56 Å². The second-order valence-corrected chi connectivity index (χ2v) is 6.97. The Morgan fingerprint density at radius 2 is 1.96 bits per heavy atom. The highest BCUT2D eigenvalue weighted by Crippen LogP contribution is 2.25. The molecule has 0 bridgehead atoms. The average Bonchev–Trinajstić information content (AvgIpc) is 2.73. The Labute approximate surface area is 165 Å². The Hall–Kier alpha value is -3.33. The molecule has 0 fully saturated rings. The summed E-state index contributed by atoms with van der Waals surface area (Å²) in [5.41, 5.74) is 1.85. The zero-order valence-electron chi connectivity index (χ0n) is 15.0. The van der Waals surface area contributed by atoms with Crippen molar-refractivity contribution in [2.45, 2.75) is 23.8 Å². The monoisotopic (exact) mass is 395 g/mol. The number of benzene rings is 2. The second kappa shape index (κ2) is 9.05. The Kier molecular flexibility index (Phi) is 6.28. The smallest absolute Gasteiger partial charge is 0.271 e. The van der Waals surface area contributed by atoms with Crippen molar-refractivity contribution in [3.63, 3.8) is 0 Å². The molecule has 0 aliphatic carbocycles. The number of aromatic nitrogens is 3. The summed E-state index contributed by atoms with van der Waals surface area (Å²) in [7, 11) is 0. The van der Waals surface area contributed by atoms with Gasteiger partial charge in [-0.25, -0.2) is 4.98 Å². The molecule has 3 aromatic rings. The Balaban J connectivity index is 1.67. The lowest BCUT2D eigenvalue weighted by molar-refractivity contribution is -0.384. The molecule has 9 heteroatoms. The topological polar surface area (TPSA) is 111 Å². The number of anilines is 1. The van der Waals surface area contributed by atoms with E-state index < -0.39 is 10.2 Å². The number of non-ortho nitro benzene ring substituents is 1. The molecule has 1 aromatic heterocycles. The lowest BCUT2D eigenvalue weighted by Gasteiger charge is -2.13. The van der Waals surface area contributed by atoms with Crippen LogP contribution in [0.1, 0.15) is 13.3 Å². The third-order valence-corrected chi connectivity index (χ3v) is 5.08. The quantitative estimate of drug-likeness (QED) is 0.366. The molecular weight excluding hydrogens is 378 g/mol. The summed E-state index contributed by atoms with van der Waals surface area (Å²) < 4.78 is 0. The van der Waals surface area contributed by atoms with Crippen LogP contribution in [0.4, 0.5) is 11.4 Å². The van der Waals surface area contributed by atoms with Crippen molar-refractivity contribution in [1.82, 2.24) is 15.2 Å². The SMILES string of the molecule is CC[C@@H](Sc1ncc(-c2ccccc2)nn1)C(=O)Nc1cccc([N+](=O)[O-])c1. The largest absolute Gasteiger partial charge is 0.325 e. The van der Waals surface area contributed by atoms with Crippen molar-refractivity contribution in [1.29, 1.82) is 0 Å². The van der Waals surface area contributed by atoms with E-state index in [9.17, 15) is 14.9 Å². The number of carbonyl (C=O) groups is 1. The van der Waals surface area contributed by atoms with E-state index in [-0.39, 0.29) is 11.6 Å². The fourth-order valence-electron chi connectivity index (χ4n) is 2.43. The van der Waals surface area contributed by atoms with E-state index in [1.165, 1.54) is 30.0 Å². The van der Waals surface area contributed by atoms with Crippen LogP contribution in [0.25, 0.3) is 11.3 Å². The molecule has 3 rings (SSSR count). The number of thioether (sulfide) groups is 1. The molecule has 0 aliphatic rings. The van der Waals surface area contributed by atoms with Crippen molar-refractivity contribution in [3.8, 4) is 11.3 Å². The second-order valence-electron chi connectivity index (χ2n) is 5.80. The first-order valence-corrected chi connectivity index (χ1v) is 9.42. The van der Waals surface area contributed by atoms with Gasteiger partial charge in [-0.2, -0.15) is 0 Å². The molecule has 8 nitrogen and oxygen atoms in total. The zero-order valence-corrected chi connectivity index (χ0v) is 15.8. The van der Waals surface area contributed by atoms with Crippen molar-refractivity contribution >= 4 is 29.0 Å². The Morgan fingerprint density at radius 1 is 1.18 bits per heavy atom. The molecule has 1 atom stereocenters. The van der Waals surface area contributed by atoms with Gasteiger partial charge in [-0.1, -0.05) is 55.1 Å². The molecule has 142 valence electrons. The molecule has 0 radical (unpaired) electrons. The van der Waals surface area contributed by atoms with Crippen LogP contribution in [0.5, 0.6) is 0 Å². The Morgan fingerprint density at radius 3 is 2.61 bits per heavy atom. The Bertz CT molecular complexity index is 967. The van der Waals surface area contributed by atoms with Crippen LogP contribution in [0.15, 0.2) is 66.0 Å². The maximum Gasteiger partial charge on any atom is 0.271 e. The molecule has 0 spiro atoms. The van der Waals surface area contributed by atoms with Gasteiger partial charge in [0.05, 0.1) is 16.4 Å². The number of rotatable bonds is 7. The number of nitrogens with one attached hydrogen (secondary N) is 1. The normalized spacial score (nSPS) is 11.6. The summed E-state index contributed by atoms with van der Waals surface area (Å²) in [5, 5.41) is 21.8. The highest BCUT2D eigenvalue weighted by Gasteiger charge is 2.20. The maximum absolute atomic E-state index is 12.5. The van der Waals surface area contributed by atoms with Crippen LogP contribution < -0.4 is 5.32 Å². The van der Waals surface area contributed by atoms with E-state index in [4.69, 9.17) is 0 Å². The number of hydrogen-bond donors (Lipinski definition) is 1. The zero-order chi connectivity index (χ0) is 19.9. The first kappa shape index (κ1) is 19.4. The third-order valence-electron chi connectivity index (χ3n) is 3.85. The number of nitro benzene ring substituents is 1. The van der Waals surface area contributed by atoms with Gasteiger partial charge in [-0.3, -0.25) is 14.9 Å². The fourth-order valence-corrected chi connectivity index (χ4v) is 3.22. The van der Waals surface area contributed by atoms with Gasteiger partial charge in [0.1, 0.15) is 5.69 Å². The van der Waals surface area contributed by atoms with E-state index >= 15 is 0 Å². The summed E-state index contributed by atoms with van der Waals surface area (Å²) in [6.07, 6.45) is 2.16. The van der Waals surface area contributed by atoms with E-state index in [0.29, 0.717) is 23.0 Å². The van der Waals surface area contributed by atoms with Crippen LogP contribution in [-0.4, -0.2) is 31.3 Å². The molecule has 0 saturated heterocycles. The average molecular weight is 395 g/mol. The lowest BCUT2D eigenvalue weighted by atomic mass is 10.2. The summed E-state index contributed by atoms with van der Waals surface area (Å²) >= 11 is 1.20. The first-order valence-electron chi connectivity index (χ1n) is 8.54. The van der Waals surface area contributed by atoms with Crippen molar-refractivity contribution in [2.24, 2.45) is 0 Å². The lowest BCUT2D eigenvalue weighted by Crippen LogP contribution is -2.24. The van der Waals surface area contributed by atoms with Gasteiger partial charge >= 0.3 is 0 Å². The number of hydrogen-bond acceptors (Lipinski definition) is 7. The minimum Gasteiger partial charge on any atom is -0.325 e. The first-order chi connectivity index (χ1) is 13.6. The summed E-state index contributed by atoms with van der Waals surface area (Å²) in [4.78, 5) is 27.2. The van der Waals surface area contributed by atoms with Crippen molar-refractivity contribution in [3.05, 3.63) is 70.9 Å². The minimum atomic E-state index is -0.504. The summed E-state index contributed by atoms with van der Waals surface area (Å²) in [6, 6.07) is 15.4. The van der Waals surface area contributed by atoms with Gasteiger partial charge in [0, 0.05) is 23.4 Å². The molecule has 1 N–H and O–H groups in total. The van der Waals surface area contributed by atoms with Crippen LogP contribution in [0.2, 0.25) is 0 Å².